The van der Waals surface area contributed by atoms with Crippen molar-refractivity contribution >= 4 is 17.5 Å². The zero-order chi connectivity index (χ0) is 19.1. The highest BCUT2D eigenvalue weighted by atomic mass is 16.5. The van der Waals surface area contributed by atoms with Crippen molar-refractivity contribution in [1.29, 1.82) is 0 Å². The van der Waals surface area contributed by atoms with Gasteiger partial charge >= 0.3 is 5.97 Å². The molecule has 0 bridgehead atoms. The molecule has 0 radical (unpaired) electrons. The molecule has 1 aromatic rings. The Labute approximate surface area is 154 Å². The molecule has 0 amide bonds. The van der Waals surface area contributed by atoms with E-state index >= 15 is 0 Å². The number of esters is 1. The monoisotopic (exact) mass is 360 g/mol. The second kappa shape index (κ2) is 9.62. The van der Waals surface area contributed by atoms with Crippen LogP contribution in [0.3, 0.4) is 0 Å². The minimum Gasteiger partial charge on any atom is -0.449 e. The molecule has 0 aromatic heterocycles. The van der Waals surface area contributed by atoms with Crippen molar-refractivity contribution in [2.45, 2.75) is 71.0 Å². The SMILES string of the molecule is CC[C@@H]1CCCCc2ccccc2[C@H](C(=O)C[C@H](O)CC(C)=O)OC1=O. The van der Waals surface area contributed by atoms with Crippen LogP contribution in [0.2, 0.25) is 0 Å². The maximum atomic E-state index is 12.8. The topological polar surface area (TPSA) is 80.7 Å². The minimum absolute atomic E-state index is 0.0777. The third-order valence-corrected chi connectivity index (χ3v) is 4.90. The van der Waals surface area contributed by atoms with E-state index in [4.69, 9.17) is 4.74 Å². The number of rotatable bonds is 6. The first-order chi connectivity index (χ1) is 12.4. The average Bonchev–Trinajstić information content (AvgIpc) is 2.59. The maximum absolute atomic E-state index is 12.8. The Morgan fingerprint density at radius 1 is 1.23 bits per heavy atom. The Bertz CT molecular complexity index is 652. The average molecular weight is 360 g/mol. The van der Waals surface area contributed by atoms with E-state index in [2.05, 4.69) is 0 Å². The second-order valence-corrected chi connectivity index (χ2v) is 7.10. The zero-order valence-electron chi connectivity index (χ0n) is 15.6. The molecule has 5 heteroatoms. The number of carbonyl (C=O) groups excluding carboxylic acids is 3. The van der Waals surface area contributed by atoms with Crippen LogP contribution in [0.15, 0.2) is 24.3 Å². The molecule has 0 saturated carbocycles. The highest BCUT2D eigenvalue weighted by molar-refractivity contribution is 5.88. The summed E-state index contributed by atoms with van der Waals surface area (Å²) in [4.78, 5) is 36.5. The molecule has 0 saturated heterocycles. The van der Waals surface area contributed by atoms with Crippen molar-refractivity contribution in [3.63, 3.8) is 0 Å². The highest BCUT2D eigenvalue weighted by Crippen LogP contribution is 2.30. The molecule has 1 N–H and O–H groups in total. The first kappa shape index (κ1) is 20.3. The fraction of sp³-hybridized carbons (Fsp3) is 0.571. The second-order valence-electron chi connectivity index (χ2n) is 7.10. The summed E-state index contributed by atoms with van der Waals surface area (Å²) in [6.45, 7) is 3.32. The molecular weight excluding hydrogens is 332 g/mol. The Kier molecular flexibility index (Phi) is 7.51. The number of fused-ring (bicyclic) bond motifs is 1. The molecule has 0 fully saturated rings. The molecule has 1 heterocycles. The number of benzene rings is 1. The molecule has 142 valence electrons. The fourth-order valence-electron chi connectivity index (χ4n) is 3.47. The van der Waals surface area contributed by atoms with Crippen molar-refractivity contribution in [1.82, 2.24) is 0 Å². The van der Waals surface area contributed by atoms with Crippen molar-refractivity contribution < 1.29 is 24.2 Å². The smallest absolute Gasteiger partial charge is 0.309 e. The molecule has 0 spiro atoms. The van der Waals surface area contributed by atoms with Gasteiger partial charge in [-0.05, 0) is 38.2 Å². The summed E-state index contributed by atoms with van der Waals surface area (Å²) in [6, 6.07) is 7.49. The summed E-state index contributed by atoms with van der Waals surface area (Å²) in [5, 5.41) is 9.98. The van der Waals surface area contributed by atoms with E-state index < -0.39 is 12.2 Å². The van der Waals surface area contributed by atoms with Gasteiger partial charge in [0.05, 0.1) is 12.0 Å². The first-order valence-electron chi connectivity index (χ1n) is 9.40. The lowest BCUT2D eigenvalue weighted by atomic mass is 9.90. The van der Waals surface area contributed by atoms with E-state index in [9.17, 15) is 19.5 Å². The van der Waals surface area contributed by atoms with Crippen molar-refractivity contribution in [3.05, 3.63) is 35.4 Å². The van der Waals surface area contributed by atoms with Crippen LogP contribution in [-0.4, -0.2) is 28.7 Å². The first-order valence-corrected chi connectivity index (χ1v) is 9.40. The Morgan fingerprint density at radius 3 is 2.65 bits per heavy atom. The summed E-state index contributed by atoms with van der Waals surface area (Å²) < 4.78 is 5.64. The lowest BCUT2D eigenvalue weighted by molar-refractivity contribution is -0.161. The number of hydrogen-bond donors (Lipinski definition) is 1. The van der Waals surface area contributed by atoms with Gasteiger partial charge in [-0.15, -0.1) is 0 Å². The summed E-state index contributed by atoms with van der Waals surface area (Å²) >= 11 is 0. The van der Waals surface area contributed by atoms with Crippen LogP contribution in [0, 0.1) is 5.92 Å². The number of carbonyl (C=O) groups is 3. The van der Waals surface area contributed by atoms with E-state index in [1.807, 2.05) is 31.2 Å². The fourth-order valence-corrected chi connectivity index (χ4v) is 3.47. The Hall–Kier alpha value is -2.01. The molecule has 2 rings (SSSR count). The standard InChI is InChI=1S/C21H28O5/c1-3-15-8-4-5-9-16-10-6-7-11-18(16)20(26-21(15)25)19(24)13-17(23)12-14(2)22/h6-7,10-11,15,17,20,23H,3-5,8-9,12-13H2,1-2H3/t15-,17-,20-/m1/s1. The van der Waals surface area contributed by atoms with E-state index in [1.165, 1.54) is 6.92 Å². The van der Waals surface area contributed by atoms with Crippen LogP contribution in [0.5, 0.6) is 0 Å². The van der Waals surface area contributed by atoms with Crippen molar-refractivity contribution in [3.8, 4) is 0 Å². The summed E-state index contributed by atoms with van der Waals surface area (Å²) in [7, 11) is 0. The third kappa shape index (κ3) is 5.49. The van der Waals surface area contributed by atoms with Gasteiger partial charge in [0.15, 0.2) is 11.9 Å². The quantitative estimate of drug-likeness (QED) is 0.787. The molecule has 0 unspecified atom stereocenters. The summed E-state index contributed by atoms with van der Waals surface area (Å²) in [5.74, 6) is -1.11. The lowest BCUT2D eigenvalue weighted by Crippen LogP contribution is -2.28. The molecule has 1 aliphatic rings. The molecule has 26 heavy (non-hydrogen) atoms. The number of aliphatic hydroxyl groups excluding tert-OH is 1. The maximum Gasteiger partial charge on any atom is 0.309 e. The lowest BCUT2D eigenvalue weighted by Gasteiger charge is -2.25. The van der Waals surface area contributed by atoms with Crippen molar-refractivity contribution in [2.75, 3.05) is 0 Å². The molecule has 0 aliphatic carbocycles. The van der Waals surface area contributed by atoms with Crippen LogP contribution < -0.4 is 0 Å². The number of hydrogen-bond acceptors (Lipinski definition) is 5. The number of Topliss-reactive ketones (excluding diaryl/α,β-unsaturated/α-hetero) is 2. The van der Waals surface area contributed by atoms with Gasteiger partial charge in [-0.2, -0.15) is 0 Å². The van der Waals surface area contributed by atoms with Crippen LogP contribution in [-0.2, 0) is 25.5 Å². The van der Waals surface area contributed by atoms with E-state index in [0.717, 1.165) is 31.2 Å². The molecule has 1 aliphatic heterocycles. The third-order valence-electron chi connectivity index (χ3n) is 4.90. The van der Waals surface area contributed by atoms with Gasteiger partial charge in [0.25, 0.3) is 0 Å². The zero-order valence-corrected chi connectivity index (χ0v) is 15.6. The van der Waals surface area contributed by atoms with Gasteiger partial charge in [0.2, 0.25) is 0 Å². The number of aryl methyl sites for hydroxylation is 1. The minimum atomic E-state index is -1.05. The number of cyclic esters (lactones) is 1. The van der Waals surface area contributed by atoms with E-state index in [0.29, 0.717) is 12.0 Å². The van der Waals surface area contributed by atoms with Gasteiger partial charge in [0.1, 0.15) is 5.78 Å². The number of ketones is 2. The molecular formula is C21H28O5. The normalized spacial score (nSPS) is 22.0. The van der Waals surface area contributed by atoms with E-state index in [1.54, 1.807) is 0 Å². The largest absolute Gasteiger partial charge is 0.449 e. The predicted octanol–water partition coefficient (Wildman–Crippen LogP) is 3.32. The van der Waals surface area contributed by atoms with Crippen LogP contribution in [0.1, 0.15) is 69.6 Å². The van der Waals surface area contributed by atoms with Crippen molar-refractivity contribution in [2.24, 2.45) is 5.92 Å². The van der Waals surface area contributed by atoms with Gasteiger partial charge in [-0.25, -0.2) is 0 Å². The van der Waals surface area contributed by atoms with Gasteiger partial charge in [-0.3, -0.25) is 14.4 Å². The van der Waals surface area contributed by atoms with E-state index in [-0.39, 0.29) is 36.3 Å². The molecule has 1 aromatic carbocycles. The predicted molar refractivity (Wildman–Crippen MR) is 97.5 cm³/mol. The van der Waals surface area contributed by atoms with Gasteiger partial charge in [0, 0.05) is 18.4 Å². The van der Waals surface area contributed by atoms with Gasteiger partial charge in [-0.1, -0.05) is 37.6 Å². The summed E-state index contributed by atoms with van der Waals surface area (Å²) in [5.41, 5.74) is 1.69. The summed E-state index contributed by atoms with van der Waals surface area (Å²) in [6.07, 6.45) is 1.79. The Morgan fingerprint density at radius 2 is 1.96 bits per heavy atom. The van der Waals surface area contributed by atoms with Gasteiger partial charge < -0.3 is 9.84 Å². The molecule has 3 atom stereocenters. The highest BCUT2D eigenvalue weighted by Gasteiger charge is 2.31. The Balaban J connectivity index is 2.30. The van der Waals surface area contributed by atoms with Crippen LogP contribution >= 0.6 is 0 Å². The number of ether oxygens (including phenoxy) is 1. The van der Waals surface area contributed by atoms with Crippen LogP contribution in [0.25, 0.3) is 0 Å². The van der Waals surface area contributed by atoms with Crippen LogP contribution in [0.4, 0.5) is 0 Å². The number of aliphatic hydroxyl groups is 1. The molecule has 5 nitrogen and oxygen atoms in total.